The van der Waals surface area contributed by atoms with Crippen LogP contribution in [0.4, 0.5) is 5.82 Å². The van der Waals surface area contributed by atoms with E-state index in [1.807, 2.05) is 30.5 Å². The van der Waals surface area contributed by atoms with Crippen LogP contribution in [0, 0.1) is 0 Å². The first-order valence-electron chi connectivity index (χ1n) is 9.11. The van der Waals surface area contributed by atoms with Gasteiger partial charge in [0.2, 0.25) is 0 Å². The molecular weight excluding hydrogens is 312 g/mol. The van der Waals surface area contributed by atoms with Gasteiger partial charge in [-0.15, -0.1) is 0 Å². The van der Waals surface area contributed by atoms with Crippen molar-refractivity contribution in [3.8, 4) is 0 Å². The van der Waals surface area contributed by atoms with Crippen molar-refractivity contribution < 1.29 is 0 Å². The van der Waals surface area contributed by atoms with E-state index in [-0.39, 0.29) is 0 Å². The molecule has 1 aliphatic carbocycles. The Morgan fingerprint density at radius 3 is 2.72 bits per heavy atom. The maximum atomic E-state index is 4.77. The molecule has 1 N–H and O–H groups in total. The molecule has 0 unspecified atom stereocenters. The van der Waals surface area contributed by atoms with E-state index in [9.17, 15) is 0 Å². The summed E-state index contributed by atoms with van der Waals surface area (Å²) in [4.78, 5) is 14.2. The van der Waals surface area contributed by atoms with Crippen molar-refractivity contribution in [1.29, 1.82) is 0 Å². The summed E-state index contributed by atoms with van der Waals surface area (Å²) in [5.74, 6) is 0.985. The summed E-state index contributed by atoms with van der Waals surface area (Å²) < 4.78 is 0. The highest BCUT2D eigenvalue weighted by atomic mass is 15.3. The summed E-state index contributed by atoms with van der Waals surface area (Å²) in [6.07, 6.45) is 5.52. The number of aromatic nitrogens is 4. The van der Waals surface area contributed by atoms with E-state index < -0.39 is 0 Å². The Hall–Kier alpha value is -2.47. The Bertz CT molecular complexity index is 894. The Labute approximate surface area is 146 Å². The molecule has 0 spiro atoms. The number of hydrogen-bond donors (Lipinski definition) is 1. The van der Waals surface area contributed by atoms with Gasteiger partial charge in [-0.05, 0) is 37.0 Å². The zero-order valence-corrected chi connectivity index (χ0v) is 14.3. The van der Waals surface area contributed by atoms with Gasteiger partial charge in [0.1, 0.15) is 5.82 Å². The maximum absolute atomic E-state index is 4.77. The predicted octanol–water partition coefficient (Wildman–Crippen LogP) is 2.16. The first-order valence-corrected chi connectivity index (χ1v) is 9.11. The predicted molar refractivity (Wildman–Crippen MR) is 97.6 cm³/mol. The molecule has 1 aromatic carbocycles. The minimum Gasteiger partial charge on any atom is -0.353 e. The lowest BCUT2D eigenvalue weighted by molar-refractivity contribution is 0.246. The Morgan fingerprint density at radius 2 is 1.84 bits per heavy atom. The largest absolute Gasteiger partial charge is 0.353 e. The van der Waals surface area contributed by atoms with Crippen molar-refractivity contribution in [3.63, 3.8) is 0 Å². The zero-order chi connectivity index (χ0) is 16.6. The van der Waals surface area contributed by atoms with E-state index in [0.29, 0.717) is 0 Å². The van der Waals surface area contributed by atoms with Gasteiger partial charge in [0.05, 0.1) is 22.9 Å². The van der Waals surface area contributed by atoms with E-state index in [4.69, 9.17) is 4.98 Å². The molecule has 6 nitrogen and oxygen atoms in total. The molecule has 0 bridgehead atoms. The van der Waals surface area contributed by atoms with E-state index in [1.165, 1.54) is 29.8 Å². The summed E-state index contributed by atoms with van der Waals surface area (Å²) in [6, 6.07) is 8.05. The Kier molecular flexibility index (Phi) is 3.63. The number of benzene rings is 1. The number of H-pyrrole nitrogens is 1. The molecule has 1 aliphatic heterocycles. The van der Waals surface area contributed by atoms with Crippen LogP contribution < -0.4 is 4.90 Å². The number of nitrogens with zero attached hydrogens (tertiary/aromatic N) is 5. The third kappa shape index (κ3) is 2.76. The first kappa shape index (κ1) is 14.8. The third-order valence-electron chi connectivity index (χ3n) is 5.40. The van der Waals surface area contributed by atoms with Crippen LogP contribution in [0.5, 0.6) is 0 Å². The fourth-order valence-corrected chi connectivity index (χ4v) is 3.97. The molecule has 1 fully saturated rings. The molecule has 0 saturated carbocycles. The molecule has 3 aromatic rings. The van der Waals surface area contributed by atoms with Crippen LogP contribution in [-0.4, -0.2) is 51.2 Å². The molecule has 5 rings (SSSR count). The molecule has 6 heteroatoms. The summed E-state index contributed by atoms with van der Waals surface area (Å²) in [5.41, 5.74) is 6.01. The lowest BCUT2D eigenvalue weighted by Gasteiger charge is -2.35. The molecule has 0 amide bonds. The van der Waals surface area contributed by atoms with Crippen LogP contribution in [0.1, 0.15) is 23.4 Å². The molecule has 1 saturated heterocycles. The number of para-hydroxylation sites is 2. The lowest BCUT2D eigenvalue weighted by Crippen LogP contribution is -2.46. The molecule has 0 atom stereocenters. The van der Waals surface area contributed by atoms with Crippen molar-refractivity contribution in [2.24, 2.45) is 0 Å². The van der Waals surface area contributed by atoms with Crippen LogP contribution >= 0.6 is 0 Å². The van der Waals surface area contributed by atoms with Crippen molar-refractivity contribution in [2.75, 3.05) is 31.1 Å². The molecule has 25 heavy (non-hydrogen) atoms. The van der Waals surface area contributed by atoms with Gasteiger partial charge in [0.25, 0.3) is 0 Å². The second-order valence-corrected chi connectivity index (χ2v) is 6.96. The van der Waals surface area contributed by atoms with Crippen LogP contribution in [0.2, 0.25) is 0 Å². The summed E-state index contributed by atoms with van der Waals surface area (Å²) in [5, 5.41) is 7.76. The number of aryl methyl sites for hydroxylation is 1. The molecule has 0 radical (unpaired) electrons. The molecule has 3 heterocycles. The molecule has 2 aromatic heterocycles. The summed E-state index contributed by atoms with van der Waals surface area (Å²) in [6.45, 7) is 5.01. The van der Waals surface area contributed by atoms with Gasteiger partial charge in [-0.2, -0.15) is 5.10 Å². The van der Waals surface area contributed by atoms with E-state index >= 15 is 0 Å². The third-order valence-corrected chi connectivity index (χ3v) is 5.40. The number of anilines is 1. The summed E-state index contributed by atoms with van der Waals surface area (Å²) in [7, 11) is 0. The van der Waals surface area contributed by atoms with Crippen molar-refractivity contribution in [3.05, 3.63) is 47.4 Å². The van der Waals surface area contributed by atoms with Crippen molar-refractivity contribution in [2.45, 2.75) is 25.8 Å². The van der Waals surface area contributed by atoms with Crippen LogP contribution in [-0.2, 0) is 19.4 Å². The van der Waals surface area contributed by atoms with Gasteiger partial charge < -0.3 is 4.90 Å². The Morgan fingerprint density at radius 1 is 1.00 bits per heavy atom. The second-order valence-electron chi connectivity index (χ2n) is 6.96. The number of aromatic amines is 1. The minimum absolute atomic E-state index is 0.956. The monoisotopic (exact) mass is 334 g/mol. The lowest BCUT2D eigenvalue weighted by atomic mass is 10.2. The van der Waals surface area contributed by atoms with Gasteiger partial charge >= 0.3 is 0 Å². The SMILES string of the molecule is c1ccc2nc(N3CCN(Cc4n[nH]c5c4CCC5)CC3)cnc2c1. The number of rotatable bonds is 3. The highest BCUT2D eigenvalue weighted by molar-refractivity contribution is 5.75. The van der Waals surface area contributed by atoms with E-state index in [1.54, 1.807) is 0 Å². The van der Waals surface area contributed by atoms with E-state index in [2.05, 4.69) is 25.0 Å². The molecular formula is C19H22N6. The quantitative estimate of drug-likeness (QED) is 0.795. The molecule has 128 valence electrons. The second kappa shape index (κ2) is 6.11. The number of nitrogens with one attached hydrogen (secondary N) is 1. The van der Waals surface area contributed by atoms with Gasteiger partial charge in [0.15, 0.2) is 0 Å². The normalized spacial score (nSPS) is 18.0. The minimum atomic E-state index is 0.956. The summed E-state index contributed by atoms with van der Waals surface area (Å²) >= 11 is 0. The highest BCUT2D eigenvalue weighted by Gasteiger charge is 2.23. The van der Waals surface area contributed by atoms with Crippen LogP contribution in [0.3, 0.4) is 0 Å². The standard InChI is InChI=1S/C19H22N6/c1-2-6-17-16(5-1)20-12-19(21-17)25-10-8-24(9-11-25)13-18-14-4-3-7-15(14)22-23-18/h1-2,5-6,12H,3-4,7-11,13H2,(H,22,23). The first-order chi connectivity index (χ1) is 12.4. The van der Waals surface area contributed by atoms with Crippen LogP contribution in [0.25, 0.3) is 11.0 Å². The van der Waals surface area contributed by atoms with Crippen molar-refractivity contribution >= 4 is 16.9 Å². The average Bonchev–Trinajstić information content (AvgIpc) is 3.27. The Balaban J connectivity index is 1.26. The fourth-order valence-electron chi connectivity index (χ4n) is 3.97. The average molecular weight is 334 g/mol. The maximum Gasteiger partial charge on any atom is 0.147 e. The highest BCUT2D eigenvalue weighted by Crippen LogP contribution is 2.24. The van der Waals surface area contributed by atoms with Crippen molar-refractivity contribution in [1.82, 2.24) is 25.1 Å². The zero-order valence-electron chi connectivity index (χ0n) is 14.3. The number of fused-ring (bicyclic) bond motifs is 2. The van der Waals surface area contributed by atoms with Gasteiger partial charge in [-0.25, -0.2) is 4.98 Å². The smallest absolute Gasteiger partial charge is 0.147 e. The molecule has 2 aliphatic rings. The topological polar surface area (TPSA) is 60.9 Å². The fraction of sp³-hybridized carbons (Fsp3) is 0.421. The van der Waals surface area contributed by atoms with Gasteiger partial charge in [-0.3, -0.25) is 15.0 Å². The van der Waals surface area contributed by atoms with E-state index in [0.717, 1.165) is 56.0 Å². The number of hydrogen-bond acceptors (Lipinski definition) is 5. The van der Waals surface area contributed by atoms with Gasteiger partial charge in [0, 0.05) is 38.4 Å². The number of piperazine rings is 1. The van der Waals surface area contributed by atoms with Gasteiger partial charge in [-0.1, -0.05) is 12.1 Å². The van der Waals surface area contributed by atoms with Crippen LogP contribution in [0.15, 0.2) is 30.5 Å².